The van der Waals surface area contributed by atoms with Gasteiger partial charge in [0.25, 0.3) is 5.91 Å². The van der Waals surface area contributed by atoms with Crippen LogP contribution in [0.25, 0.3) is 0 Å². The minimum absolute atomic E-state index is 0.0209. The molecule has 0 fully saturated rings. The molecule has 29 heavy (non-hydrogen) atoms. The fourth-order valence-electron chi connectivity index (χ4n) is 3.53. The van der Waals surface area contributed by atoms with Crippen molar-refractivity contribution in [1.82, 2.24) is 5.32 Å². The van der Waals surface area contributed by atoms with Gasteiger partial charge in [-0.3, -0.25) is 4.79 Å². The highest BCUT2D eigenvalue weighted by molar-refractivity contribution is 6.36. The number of fused-ring (bicyclic) bond motifs is 1. The van der Waals surface area contributed by atoms with Crippen LogP contribution >= 0.6 is 23.2 Å². The molecule has 6 heteroatoms. The number of aryl methyl sites for hydroxylation is 2. The highest BCUT2D eigenvalue weighted by Crippen LogP contribution is 2.27. The Morgan fingerprint density at radius 2 is 1.93 bits per heavy atom. The largest absolute Gasteiger partial charge is 0.359 e. The maximum atomic E-state index is 12.7. The first-order valence-corrected chi connectivity index (χ1v) is 10.5. The smallest absolute Gasteiger partial charge is 0.263 e. The van der Waals surface area contributed by atoms with Crippen LogP contribution < -0.4 is 10.6 Å². The second-order valence-electron chi connectivity index (χ2n) is 7.11. The lowest BCUT2D eigenvalue weighted by Crippen LogP contribution is -2.29. The Kier molecular flexibility index (Phi) is 7.19. The number of halogens is 2. The predicted octanol–water partition coefficient (Wildman–Crippen LogP) is 5.96. The van der Waals surface area contributed by atoms with Crippen LogP contribution in [0.1, 0.15) is 48.9 Å². The van der Waals surface area contributed by atoms with E-state index in [9.17, 15) is 10.1 Å². The molecule has 1 unspecified atom stereocenters. The second-order valence-corrected chi connectivity index (χ2v) is 7.95. The molecule has 0 saturated carbocycles. The molecule has 2 aromatic carbocycles. The number of nitrogens with one attached hydrogen (secondary N) is 2. The third-order valence-electron chi connectivity index (χ3n) is 5.16. The maximum absolute atomic E-state index is 12.7. The van der Waals surface area contributed by atoms with Crippen LogP contribution in [-0.2, 0) is 17.6 Å². The van der Waals surface area contributed by atoms with Crippen LogP contribution in [0.2, 0.25) is 10.0 Å². The predicted molar refractivity (Wildman–Crippen MR) is 118 cm³/mol. The van der Waals surface area contributed by atoms with Gasteiger partial charge in [-0.2, -0.15) is 5.26 Å². The molecular weight excluding hydrogens is 405 g/mol. The summed E-state index contributed by atoms with van der Waals surface area (Å²) in [5.41, 5.74) is 4.40. The number of hydrogen-bond donors (Lipinski definition) is 2. The molecule has 0 aliphatic heterocycles. The molecule has 150 valence electrons. The number of amides is 1. The Morgan fingerprint density at radius 3 is 2.62 bits per heavy atom. The molecule has 1 amide bonds. The molecule has 4 nitrogen and oxygen atoms in total. The van der Waals surface area contributed by atoms with E-state index >= 15 is 0 Å². The van der Waals surface area contributed by atoms with E-state index in [1.165, 1.54) is 30.2 Å². The van der Waals surface area contributed by atoms with Gasteiger partial charge in [-0.1, -0.05) is 48.3 Å². The zero-order valence-corrected chi connectivity index (χ0v) is 17.8. The molecule has 1 aliphatic rings. The Morgan fingerprint density at radius 1 is 1.17 bits per heavy atom. The van der Waals surface area contributed by atoms with Crippen molar-refractivity contribution < 1.29 is 4.79 Å². The van der Waals surface area contributed by atoms with Crippen molar-refractivity contribution in [2.45, 2.75) is 45.1 Å². The van der Waals surface area contributed by atoms with Crippen LogP contribution in [0, 0.1) is 11.3 Å². The highest BCUT2D eigenvalue weighted by atomic mass is 35.5. The highest BCUT2D eigenvalue weighted by Gasteiger charge is 2.18. The van der Waals surface area contributed by atoms with E-state index in [-0.39, 0.29) is 11.6 Å². The van der Waals surface area contributed by atoms with Gasteiger partial charge >= 0.3 is 0 Å². The van der Waals surface area contributed by atoms with E-state index in [0.717, 1.165) is 24.8 Å². The molecule has 1 aliphatic carbocycles. The van der Waals surface area contributed by atoms with Crippen molar-refractivity contribution in [3.63, 3.8) is 0 Å². The summed E-state index contributed by atoms with van der Waals surface area (Å²) in [6.07, 6.45) is 6.76. The summed E-state index contributed by atoms with van der Waals surface area (Å²) in [6.45, 7) is 2.02. The summed E-state index contributed by atoms with van der Waals surface area (Å²) >= 11 is 12.0. The van der Waals surface area contributed by atoms with Gasteiger partial charge in [0.2, 0.25) is 0 Å². The number of carbonyl (C=O) groups is 1. The number of hydrogen-bond acceptors (Lipinski definition) is 3. The van der Waals surface area contributed by atoms with E-state index in [1.54, 1.807) is 18.2 Å². The molecule has 0 heterocycles. The number of rotatable bonds is 6. The van der Waals surface area contributed by atoms with Crippen LogP contribution in [-0.4, -0.2) is 5.91 Å². The van der Waals surface area contributed by atoms with Crippen LogP contribution in [0.3, 0.4) is 0 Å². The number of nitriles is 1. The molecule has 0 radical (unpaired) electrons. The average molecular weight is 428 g/mol. The first-order chi connectivity index (χ1) is 14.0. The molecular formula is C23H23Cl2N3O. The number of benzene rings is 2. The maximum Gasteiger partial charge on any atom is 0.263 e. The Labute approximate surface area is 181 Å². The first kappa shape index (κ1) is 21.2. The van der Waals surface area contributed by atoms with Gasteiger partial charge in [-0.15, -0.1) is 0 Å². The zero-order chi connectivity index (χ0) is 20.8. The van der Waals surface area contributed by atoms with E-state index in [1.807, 2.05) is 13.0 Å². The molecule has 1 atom stereocenters. The summed E-state index contributed by atoms with van der Waals surface area (Å²) < 4.78 is 0. The molecule has 0 spiro atoms. The summed E-state index contributed by atoms with van der Waals surface area (Å²) in [5.74, 6) is -0.422. The van der Waals surface area contributed by atoms with Crippen molar-refractivity contribution >= 4 is 34.8 Å². The molecule has 2 N–H and O–H groups in total. The number of nitrogens with zero attached hydrogens (tertiary/aromatic N) is 1. The van der Waals surface area contributed by atoms with Crippen LogP contribution in [0.5, 0.6) is 0 Å². The van der Waals surface area contributed by atoms with Crippen molar-refractivity contribution in [3.8, 4) is 6.07 Å². The molecule has 3 rings (SSSR count). The molecule has 2 aromatic rings. The first-order valence-electron chi connectivity index (χ1n) is 9.76. The zero-order valence-electron chi connectivity index (χ0n) is 16.3. The fourth-order valence-corrected chi connectivity index (χ4v) is 4.00. The minimum atomic E-state index is -0.422. The Hall–Kier alpha value is -2.48. The Bertz CT molecular complexity index is 979. The summed E-state index contributed by atoms with van der Waals surface area (Å²) in [7, 11) is 0. The van der Waals surface area contributed by atoms with Crippen LogP contribution in [0.15, 0.2) is 48.2 Å². The lowest BCUT2D eigenvalue weighted by Gasteiger charge is -2.21. The van der Waals surface area contributed by atoms with E-state index < -0.39 is 5.91 Å². The van der Waals surface area contributed by atoms with E-state index in [2.05, 4.69) is 28.8 Å². The van der Waals surface area contributed by atoms with Crippen molar-refractivity contribution in [3.05, 3.63) is 74.9 Å². The number of anilines is 1. The monoisotopic (exact) mass is 427 g/mol. The normalized spacial score (nSPS) is 14.5. The van der Waals surface area contributed by atoms with Gasteiger partial charge < -0.3 is 10.6 Å². The molecule has 0 saturated heterocycles. The van der Waals surface area contributed by atoms with Crippen LogP contribution in [0.4, 0.5) is 5.69 Å². The number of carbonyl (C=O) groups excluding carboxylic acids is 1. The van der Waals surface area contributed by atoms with Gasteiger partial charge in [-0.25, -0.2) is 0 Å². The van der Waals surface area contributed by atoms with Gasteiger partial charge in [0.1, 0.15) is 11.6 Å². The van der Waals surface area contributed by atoms with Gasteiger partial charge in [0.05, 0.1) is 16.8 Å². The molecule has 0 bridgehead atoms. The van der Waals surface area contributed by atoms with Crippen molar-refractivity contribution in [2.75, 3.05) is 5.32 Å². The minimum Gasteiger partial charge on any atom is -0.359 e. The average Bonchev–Trinajstić information content (AvgIpc) is 2.73. The van der Waals surface area contributed by atoms with Gasteiger partial charge in [0.15, 0.2) is 0 Å². The second kappa shape index (κ2) is 9.82. The summed E-state index contributed by atoms with van der Waals surface area (Å²) in [5, 5.41) is 16.2. The quantitative estimate of drug-likeness (QED) is 0.441. The summed E-state index contributed by atoms with van der Waals surface area (Å²) in [6, 6.07) is 13.2. The standard InChI is InChI=1S/C23H23Cl2N3O/c1-2-21(17-8-7-15-5-3-4-6-16(15)11-17)28-23(29)18(13-26)14-27-22-10-9-19(24)12-20(22)25/h7-12,14,21,27H,2-6H2,1H3,(H,28,29)/b18-14-. The third-order valence-corrected chi connectivity index (χ3v) is 5.70. The third kappa shape index (κ3) is 5.32. The molecule has 0 aromatic heterocycles. The SMILES string of the molecule is CCC(NC(=O)/C(C#N)=C\Nc1ccc(Cl)cc1Cl)c1ccc2c(c1)CCCC2. The van der Waals surface area contributed by atoms with Gasteiger partial charge in [0, 0.05) is 11.2 Å². The topological polar surface area (TPSA) is 64.9 Å². The lowest BCUT2D eigenvalue weighted by atomic mass is 9.88. The fraction of sp³-hybridized carbons (Fsp3) is 0.304. The van der Waals surface area contributed by atoms with E-state index in [4.69, 9.17) is 23.2 Å². The Balaban J connectivity index is 1.72. The summed E-state index contributed by atoms with van der Waals surface area (Å²) in [4.78, 5) is 12.7. The van der Waals surface area contributed by atoms with Crippen molar-refractivity contribution in [2.24, 2.45) is 0 Å². The van der Waals surface area contributed by atoms with E-state index in [0.29, 0.717) is 15.7 Å². The lowest BCUT2D eigenvalue weighted by molar-refractivity contribution is -0.117. The van der Waals surface area contributed by atoms with Crippen molar-refractivity contribution in [1.29, 1.82) is 5.26 Å². The van der Waals surface area contributed by atoms with Gasteiger partial charge in [-0.05, 0) is 67.0 Å².